The number of aldehydes is 1. The van der Waals surface area contributed by atoms with Crippen molar-refractivity contribution in [2.24, 2.45) is 0 Å². The first-order chi connectivity index (χ1) is 25.2. The van der Waals surface area contributed by atoms with Gasteiger partial charge < -0.3 is 21.2 Å². The molecule has 4 aromatic carbocycles. The van der Waals surface area contributed by atoms with Gasteiger partial charge in [-0.2, -0.15) is 0 Å². The molecule has 0 fully saturated rings. The highest BCUT2D eigenvalue weighted by molar-refractivity contribution is 6.32. The van der Waals surface area contributed by atoms with Crippen molar-refractivity contribution < 1.29 is 24.0 Å². The Morgan fingerprint density at radius 3 is 1.65 bits per heavy atom. The third kappa shape index (κ3) is 7.94. The van der Waals surface area contributed by atoms with Gasteiger partial charge in [-0.3, -0.25) is 19.2 Å². The highest BCUT2D eigenvalue weighted by Crippen LogP contribution is 2.34. The van der Waals surface area contributed by atoms with E-state index in [1.807, 2.05) is 6.07 Å². The van der Waals surface area contributed by atoms with Crippen LogP contribution < -0.4 is 11.5 Å². The molecule has 9 nitrogen and oxygen atoms in total. The normalized spacial score (nSPS) is 12.5. The van der Waals surface area contributed by atoms with E-state index in [-0.39, 0.29) is 34.4 Å². The zero-order valence-electron chi connectivity index (χ0n) is 29.9. The number of fused-ring (bicyclic) bond motifs is 6. The number of nitrogens with zero attached hydrogens (tertiary/aromatic N) is 1. The van der Waals surface area contributed by atoms with E-state index in [4.69, 9.17) is 11.5 Å². The average molecular weight is 699 g/mol. The quantitative estimate of drug-likeness (QED) is 0.0686. The predicted molar refractivity (Wildman–Crippen MR) is 205 cm³/mol. The molecule has 0 spiro atoms. The fraction of sp³-hybridized carbons (Fsp3) is 0.302. The van der Waals surface area contributed by atoms with Crippen LogP contribution in [0, 0.1) is 0 Å². The number of hydrogen-bond acceptors (Lipinski definition) is 8. The van der Waals surface area contributed by atoms with Crippen molar-refractivity contribution >= 4 is 51.8 Å². The molecule has 268 valence electrons. The van der Waals surface area contributed by atoms with Crippen molar-refractivity contribution in [1.29, 1.82) is 0 Å². The molecule has 0 amide bonds. The Morgan fingerprint density at radius 2 is 1.08 bits per heavy atom. The Labute approximate surface area is 304 Å². The van der Waals surface area contributed by atoms with Gasteiger partial charge in [0.2, 0.25) is 0 Å². The molecule has 2 aliphatic rings. The number of carbonyl (C=O) groups excluding carboxylic acids is 5. The number of aryl methyl sites for hydroxylation is 1. The van der Waals surface area contributed by atoms with Gasteiger partial charge in [-0.05, 0) is 37.1 Å². The number of carbonyl (C=O) groups is 5. The van der Waals surface area contributed by atoms with Gasteiger partial charge in [0.25, 0.3) is 0 Å². The van der Waals surface area contributed by atoms with Crippen LogP contribution in [0.4, 0.5) is 11.4 Å². The minimum atomic E-state index is -0.245. The molecule has 1 heterocycles. The van der Waals surface area contributed by atoms with E-state index in [9.17, 15) is 24.0 Å². The highest BCUT2D eigenvalue weighted by atomic mass is 16.1. The second kappa shape index (κ2) is 17.5. The van der Waals surface area contributed by atoms with Crippen molar-refractivity contribution in [2.45, 2.75) is 84.5 Å². The van der Waals surface area contributed by atoms with Gasteiger partial charge in [0, 0.05) is 46.2 Å². The monoisotopic (exact) mass is 698 g/mol. The number of nitrogens with two attached hydrogens (primary N) is 2. The van der Waals surface area contributed by atoms with Gasteiger partial charge in [0.15, 0.2) is 23.1 Å². The molecule has 7 rings (SSSR count). The lowest BCUT2D eigenvalue weighted by atomic mass is 9.83. The molecule has 9 heteroatoms. The molecule has 0 aliphatic heterocycles. The fourth-order valence-electron chi connectivity index (χ4n) is 6.60. The number of rotatable bonds is 11. The van der Waals surface area contributed by atoms with E-state index in [1.165, 1.54) is 44.9 Å². The van der Waals surface area contributed by atoms with Gasteiger partial charge >= 0.3 is 0 Å². The van der Waals surface area contributed by atoms with Crippen LogP contribution in [0.25, 0.3) is 11.0 Å². The van der Waals surface area contributed by atoms with Crippen LogP contribution in [0.2, 0.25) is 0 Å². The lowest BCUT2D eigenvalue weighted by molar-refractivity contribution is -0.107. The van der Waals surface area contributed by atoms with E-state index in [2.05, 4.69) is 23.8 Å². The lowest BCUT2D eigenvalue weighted by Gasteiger charge is -2.19. The number of nitrogens with one attached hydrogen (secondary N) is 1. The van der Waals surface area contributed by atoms with Crippen LogP contribution >= 0.6 is 0 Å². The zero-order valence-corrected chi connectivity index (χ0v) is 29.9. The smallest absolute Gasteiger partial charge is 0.196 e. The third-order valence-corrected chi connectivity index (χ3v) is 9.45. The van der Waals surface area contributed by atoms with Crippen LogP contribution in [0.1, 0.15) is 148 Å². The summed E-state index contributed by atoms with van der Waals surface area (Å²) in [5.41, 5.74) is 16.6. The first-order valence-corrected chi connectivity index (χ1v) is 18.2. The lowest BCUT2D eigenvalue weighted by Crippen LogP contribution is -2.22. The number of ketones is 4. The summed E-state index contributed by atoms with van der Waals surface area (Å²) < 4.78 is 0. The standard InChI is InChI=1S/C22H22N2O2.C14H10N2O2.C7H14O/c1-2-3-4-5-6-11-18-23-17-13-12-16-19(20(17)24-18)22(26)15-10-8-7-9-14(15)21(16)25;15-10-6-5-9-11(12(10)16)14(18)8-4-2-1-3-7(8)13(9)17;1-2-3-4-5-6-7-8/h7-10,12-13H,2-6,11H2,1H3,(H,23,24);1-6H,15-16H2;7H,2-6H2,1H3. The van der Waals surface area contributed by atoms with E-state index >= 15 is 0 Å². The van der Waals surface area contributed by atoms with Crippen LogP contribution in [0.5, 0.6) is 0 Å². The Kier molecular flexibility index (Phi) is 12.6. The number of benzene rings is 4. The van der Waals surface area contributed by atoms with Crippen LogP contribution in [0.3, 0.4) is 0 Å². The molecule has 0 bridgehead atoms. The largest absolute Gasteiger partial charge is 0.397 e. The summed E-state index contributed by atoms with van der Waals surface area (Å²) in [6, 6.07) is 20.5. The molecule has 2 aliphatic carbocycles. The van der Waals surface area contributed by atoms with Crippen LogP contribution in [-0.2, 0) is 11.2 Å². The maximum atomic E-state index is 13.0. The molecule has 1 aromatic heterocycles. The molecule has 0 atom stereocenters. The average Bonchev–Trinajstić information content (AvgIpc) is 3.59. The predicted octanol–water partition coefficient (Wildman–Crippen LogP) is 8.63. The summed E-state index contributed by atoms with van der Waals surface area (Å²) in [5, 5.41) is 0. The van der Waals surface area contributed by atoms with E-state index in [1.54, 1.807) is 66.7 Å². The number of aromatic nitrogens is 2. The Balaban J connectivity index is 0.000000174. The number of H-pyrrole nitrogens is 1. The van der Waals surface area contributed by atoms with E-state index < -0.39 is 0 Å². The first-order valence-electron chi connectivity index (χ1n) is 18.2. The van der Waals surface area contributed by atoms with Gasteiger partial charge in [0.05, 0.1) is 28.0 Å². The summed E-state index contributed by atoms with van der Waals surface area (Å²) in [7, 11) is 0. The van der Waals surface area contributed by atoms with Gasteiger partial charge in [-0.25, -0.2) is 4.98 Å². The van der Waals surface area contributed by atoms with Crippen LogP contribution in [0.15, 0.2) is 72.8 Å². The minimum absolute atomic E-state index is 0.0961. The second-order valence-electron chi connectivity index (χ2n) is 13.1. The number of hydrogen-bond donors (Lipinski definition) is 3. The molecule has 5 N–H and O–H groups in total. The summed E-state index contributed by atoms with van der Waals surface area (Å²) in [6.07, 6.45) is 13.4. The molecule has 0 unspecified atom stereocenters. The maximum absolute atomic E-state index is 13.0. The number of aromatic amines is 1. The van der Waals surface area contributed by atoms with E-state index in [0.717, 1.165) is 43.3 Å². The Bertz CT molecular complexity index is 2130. The van der Waals surface area contributed by atoms with Crippen molar-refractivity contribution in [3.05, 3.63) is 123 Å². The Morgan fingerprint density at radius 1 is 0.577 bits per heavy atom. The molecule has 0 saturated carbocycles. The summed E-state index contributed by atoms with van der Waals surface area (Å²) >= 11 is 0. The number of nitrogen functional groups attached to an aromatic ring is 2. The summed E-state index contributed by atoms with van der Waals surface area (Å²) in [4.78, 5) is 68.2. The van der Waals surface area contributed by atoms with Crippen LogP contribution in [-0.4, -0.2) is 39.4 Å². The molecule has 52 heavy (non-hydrogen) atoms. The minimum Gasteiger partial charge on any atom is -0.397 e. The van der Waals surface area contributed by atoms with E-state index in [0.29, 0.717) is 50.1 Å². The van der Waals surface area contributed by atoms with Gasteiger partial charge in [-0.1, -0.05) is 107 Å². The van der Waals surface area contributed by atoms with Gasteiger partial charge in [0.1, 0.15) is 17.6 Å². The van der Waals surface area contributed by atoms with Crippen molar-refractivity contribution in [1.82, 2.24) is 9.97 Å². The van der Waals surface area contributed by atoms with Gasteiger partial charge in [-0.15, -0.1) is 0 Å². The van der Waals surface area contributed by atoms with Crippen molar-refractivity contribution in [2.75, 3.05) is 11.5 Å². The number of unbranched alkanes of at least 4 members (excludes halogenated alkanes) is 8. The molecular formula is C43H46N4O5. The SMILES string of the molecule is CCCCCCC=O.CCCCCCCc1nc2c3c(ccc2[nH]1)C(=O)c1ccccc1C3=O.Nc1ccc2c(c1N)C(=O)c1ccccc1C2=O. The highest BCUT2D eigenvalue weighted by Gasteiger charge is 2.33. The van der Waals surface area contributed by atoms with Crippen molar-refractivity contribution in [3.8, 4) is 0 Å². The molecule has 0 saturated heterocycles. The summed E-state index contributed by atoms with van der Waals surface area (Å²) in [6.45, 7) is 4.37. The molecule has 5 aromatic rings. The number of imidazole rings is 1. The zero-order chi connectivity index (χ0) is 37.2. The number of anilines is 2. The third-order valence-electron chi connectivity index (χ3n) is 9.45. The maximum Gasteiger partial charge on any atom is 0.196 e. The Hall–Kier alpha value is -5.70. The molecular weight excluding hydrogens is 652 g/mol. The van der Waals surface area contributed by atoms with Crippen molar-refractivity contribution in [3.63, 3.8) is 0 Å². The fourth-order valence-corrected chi connectivity index (χ4v) is 6.60. The topological polar surface area (TPSA) is 166 Å². The molecule has 0 radical (unpaired) electrons. The second-order valence-corrected chi connectivity index (χ2v) is 13.1. The first kappa shape index (κ1) is 37.6. The summed E-state index contributed by atoms with van der Waals surface area (Å²) in [5.74, 6) is 0.254.